The van der Waals surface area contributed by atoms with E-state index in [1.807, 2.05) is 6.08 Å². The Bertz CT molecular complexity index is 1300. The molecule has 0 bridgehead atoms. The number of aliphatic hydroxyl groups is 8. The number of aliphatic hydroxyl groups excluding tert-OH is 8. The Morgan fingerprint density at radius 1 is 0.507 bits per heavy atom. The van der Waals surface area contributed by atoms with Gasteiger partial charge in [-0.25, -0.2) is 0 Å². The molecule has 9 N–H and O–H groups in total. The molecule has 0 saturated carbocycles. The highest BCUT2D eigenvalue weighted by Crippen LogP contribution is 2.30. The van der Waals surface area contributed by atoms with E-state index in [4.69, 9.17) is 18.9 Å². The van der Waals surface area contributed by atoms with E-state index >= 15 is 0 Å². The first-order valence-electron chi connectivity index (χ1n) is 27.7. The lowest BCUT2D eigenvalue weighted by Crippen LogP contribution is -2.65. The number of rotatable bonds is 43. The van der Waals surface area contributed by atoms with Crippen molar-refractivity contribution < 1.29 is 64.6 Å². The van der Waals surface area contributed by atoms with Crippen LogP contribution in [0.5, 0.6) is 0 Å². The molecule has 12 unspecified atom stereocenters. The topological polar surface area (TPSA) is 228 Å². The maximum absolute atomic E-state index is 13.1. The minimum absolute atomic E-state index is 0.259. The number of ether oxygens (including phenoxy) is 4. The molecule has 0 radical (unpaired) electrons. The maximum atomic E-state index is 13.1. The van der Waals surface area contributed by atoms with Crippen LogP contribution in [-0.2, 0) is 23.7 Å². The normalized spacial score (nSPS) is 26.4. The molecule has 404 valence electrons. The van der Waals surface area contributed by atoms with Crippen LogP contribution in [0.15, 0.2) is 36.5 Å². The summed E-state index contributed by atoms with van der Waals surface area (Å²) < 4.78 is 22.6. The molecule has 0 aromatic heterocycles. The van der Waals surface area contributed by atoms with Crippen molar-refractivity contribution in [2.75, 3.05) is 19.8 Å². The second-order valence-corrected chi connectivity index (χ2v) is 19.7. The third-order valence-electron chi connectivity index (χ3n) is 13.6. The van der Waals surface area contributed by atoms with Crippen LogP contribution < -0.4 is 5.32 Å². The molecule has 14 heteroatoms. The molecule has 1 amide bonds. The number of hydrogen-bond acceptors (Lipinski definition) is 13. The summed E-state index contributed by atoms with van der Waals surface area (Å²) in [7, 11) is 0. The van der Waals surface area contributed by atoms with Crippen molar-refractivity contribution in [2.24, 2.45) is 0 Å². The number of amides is 1. The fourth-order valence-electron chi connectivity index (χ4n) is 9.03. The van der Waals surface area contributed by atoms with Gasteiger partial charge in [0.15, 0.2) is 12.6 Å². The Morgan fingerprint density at radius 3 is 1.42 bits per heavy atom. The van der Waals surface area contributed by atoms with Crippen LogP contribution in [0.3, 0.4) is 0 Å². The summed E-state index contributed by atoms with van der Waals surface area (Å²) in [6.07, 6.45) is 32.3. The summed E-state index contributed by atoms with van der Waals surface area (Å²) in [5.41, 5.74) is 0. The summed E-state index contributed by atoms with van der Waals surface area (Å²) in [5, 5.41) is 86.6. The van der Waals surface area contributed by atoms with Gasteiger partial charge in [-0.15, -0.1) is 0 Å². The molecule has 69 heavy (non-hydrogen) atoms. The van der Waals surface area contributed by atoms with E-state index in [-0.39, 0.29) is 18.9 Å². The second kappa shape index (κ2) is 41.7. The first-order chi connectivity index (χ1) is 33.6. The van der Waals surface area contributed by atoms with Crippen molar-refractivity contribution in [3.63, 3.8) is 0 Å². The summed E-state index contributed by atoms with van der Waals surface area (Å²) in [4.78, 5) is 13.1. The van der Waals surface area contributed by atoms with E-state index in [0.717, 1.165) is 44.9 Å². The Labute approximate surface area is 417 Å². The van der Waals surface area contributed by atoms with Gasteiger partial charge >= 0.3 is 0 Å². The van der Waals surface area contributed by atoms with E-state index < -0.39 is 86.8 Å². The fraction of sp³-hybridized carbons (Fsp3) is 0.873. The molecule has 14 nitrogen and oxygen atoms in total. The summed E-state index contributed by atoms with van der Waals surface area (Å²) in [6.45, 7) is 2.73. The van der Waals surface area contributed by atoms with Crippen molar-refractivity contribution in [1.29, 1.82) is 0 Å². The predicted octanol–water partition coefficient (Wildman–Crippen LogP) is 8.27. The van der Waals surface area contributed by atoms with E-state index in [1.54, 1.807) is 6.08 Å². The highest BCUT2D eigenvalue weighted by Gasteiger charge is 2.51. The number of hydrogen-bond donors (Lipinski definition) is 9. The van der Waals surface area contributed by atoms with E-state index in [2.05, 4.69) is 43.5 Å². The third-order valence-corrected chi connectivity index (χ3v) is 13.6. The molecule has 2 aliphatic heterocycles. The van der Waals surface area contributed by atoms with Gasteiger partial charge < -0.3 is 65.1 Å². The van der Waals surface area contributed by atoms with Crippen LogP contribution in [0.25, 0.3) is 0 Å². The summed E-state index contributed by atoms with van der Waals surface area (Å²) in [6, 6.07) is -0.933. The molecule has 2 rings (SSSR count). The molecule has 2 saturated heterocycles. The van der Waals surface area contributed by atoms with E-state index in [0.29, 0.717) is 12.8 Å². The Balaban J connectivity index is 1.73. The van der Waals surface area contributed by atoms with Gasteiger partial charge in [0, 0.05) is 6.42 Å². The van der Waals surface area contributed by atoms with Gasteiger partial charge in [-0.3, -0.25) is 4.79 Å². The van der Waals surface area contributed by atoms with Crippen molar-refractivity contribution in [3.05, 3.63) is 36.5 Å². The smallest absolute Gasteiger partial charge is 0.220 e. The van der Waals surface area contributed by atoms with Gasteiger partial charge in [-0.2, -0.15) is 0 Å². The highest BCUT2D eigenvalue weighted by molar-refractivity contribution is 5.76. The van der Waals surface area contributed by atoms with Crippen molar-refractivity contribution in [1.82, 2.24) is 5.32 Å². The van der Waals surface area contributed by atoms with Crippen LogP contribution in [0.4, 0.5) is 0 Å². The van der Waals surface area contributed by atoms with Crippen molar-refractivity contribution in [2.45, 2.75) is 286 Å². The predicted molar refractivity (Wildman–Crippen MR) is 272 cm³/mol. The first kappa shape index (κ1) is 63.3. The molecule has 0 aromatic carbocycles. The standard InChI is InChI=1S/C55H101NO13/c1-3-5-7-9-11-13-14-15-16-17-18-19-20-21-22-23-24-25-26-27-28-29-30-31-32-34-36-38-44(59)43(56-47(60)39-37-35-33-12-10-8-6-4-2)42-66-54-52(65)50(63)53(46(41-58)68-54)69-55-51(64)49(62)48(61)45(40-57)67-55/h26-27,30-31,36,38,43-46,48-55,57-59,61-65H,3-25,28-29,32-35,37,39-42H2,1-2H3,(H,56,60)/b27-26+,31-30+,38-36+. The summed E-state index contributed by atoms with van der Waals surface area (Å²) >= 11 is 0. The average molecular weight is 984 g/mol. The van der Waals surface area contributed by atoms with E-state index in [9.17, 15) is 45.6 Å². The number of nitrogens with one attached hydrogen (secondary N) is 1. The summed E-state index contributed by atoms with van der Waals surface area (Å²) in [5.74, 6) is -0.259. The zero-order chi connectivity index (χ0) is 50.3. The highest BCUT2D eigenvalue weighted by atomic mass is 16.7. The number of unbranched alkanes of at least 4 members (excludes halogenated alkanes) is 26. The Morgan fingerprint density at radius 2 is 0.928 bits per heavy atom. The van der Waals surface area contributed by atoms with Crippen molar-refractivity contribution >= 4 is 5.91 Å². The zero-order valence-corrected chi connectivity index (χ0v) is 43.1. The fourth-order valence-corrected chi connectivity index (χ4v) is 9.03. The van der Waals surface area contributed by atoms with Crippen molar-refractivity contribution in [3.8, 4) is 0 Å². The third kappa shape index (κ3) is 28.3. The van der Waals surface area contributed by atoms with Crippen LogP contribution in [0, 0.1) is 0 Å². The van der Waals surface area contributed by atoms with Gasteiger partial charge in [0.2, 0.25) is 5.91 Å². The van der Waals surface area contributed by atoms with Crippen LogP contribution in [-0.4, -0.2) is 140 Å². The van der Waals surface area contributed by atoms with Gasteiger partial charge in [-0.1, -0.05) is 198 Å². The van der Waals surface area contributed by atoms with Crippen LogP contribution in [0.1, 0.15) is 213 Å². The lowest BCUT2D eigenvalue weighted by atomic mass is 9.97. The Kier molecular flexibility index (Phi) is 38.2. The molecule has 2 heterocycles. The first-order valence-corrected chi connectivity index (χ1v) is 27.7. The zero-order valence-electron chi connectivity index (χ0n) is 43.1. The van der Waals surface area contributed by atoms with Gasteiger partial charge in [0.1, 0.15) is 48.8 Å². The molecule has 2 fully saturated rings. The monoisotopic (exact) mass is 984 g/mol. The Hall–Kier alpha value is -1.79. The maximum Gasteiger partial charge on any atom is 0.220 e. The minimum Gasteiger partial charge on any atom is -0.394 e. The average Bonchev–Trinajstić information content (AvgIpc) is 3.35. The minimum atomic E-state index is -1.79. The lowest BCUT2D eigenvalue weighted by molar-refractivity contribution is -0.359. The molecule has 0 spiro atoms. The van der Waals surface area contributed by atoms with Gasteiger partial charge in [-0.05, 0) is 44.9 Å². The molecule has 12 atom stereocenters. The van der Waals surface area contributed by atoms with Gasteiger partial charge in [0.05, 0.1) is 32.0 Å². The number of carbonyl (C=O) groups excluding carboxylic acids is 1. The number of carbonyl (C=O) groups is 1. The molecular formula is C55H101NO13. The molecule has 2 aliphatic rings. The molecule has 0 aromatic rings. The number of allylic oxidation sites excluding steroid dienone is 5. The largest absolute Gasteiger partial charge is 0.394 e. The lowest BCUT2D eigenvalue weighted by Gasteiger charge is -2.46. The molecular weight excluding hydrogens is 883 g/mol. The van der Waals surface area contributed by atoms with E-state index in [1.165, 1.54) is 135 Å². The van der Waals surface area contributed by atoms with Gasteiger partial charge in [0.25, 0.3) is 0 Å². The quantitative estimate of drug-likeness (QED) is 0.0207. The second-order valence-electron chi connectivity index (χ2n) is 19.7. The molecule has 0 aliphatic carbocycles. The van der Waals surface area contributed by atoms with Crippen LogP contribution >= 0.6 is 0 Å². The van der Waals surface area contributed by atoms with Crippen LogP contribution in [0.2, 0.25) is 0 Å². The SMILES string of the molecule is CCCCCCCCCCCCCCCCCCC/C=C/CC/C=C/CC/C=C/C(O)C(COC1OC(CO)C(OC2OC(CO)C(O)C(O)C2O)C(O)C1O)NC(=O)CCCCCCCCCC.